The SMILES string of the molecule is CCC[C@@H](NC(=O)Cc1c(C)oc2c1C(=O)CC(C)(C)C2)c1cccs1. The average molecular weight is 374 g/mol. The summed E-state index contributed by atoms with van der Waals surface area (Å²) in [5.41, 5.74) is 1.33. The summed E-state index contributed by atoms with van der Waals surface area (Å²) in [7, 11) is 0. The molecule has 4 nitrogen and oxygen atoms in total. The first-order chi connectivity index (χ1) is 12.3. The van der Waals surface area contributed by atoms with Crippen LogP contribution < -0.4 is 5.32 Å². The number of hydrogen-bond donors (Lipinski definition) is 1. The van der Waals surface area contributed by atoms with Gasteiger partial charge in [0.2, 0.25) is 5.91 Å². The number of nitrogens with one attached hydrogen (secondary N) is 1. The van der Waals surface area contributed by atoms with E-state index in [2.05, 4.69) is 32.2 Å². The van der Waals surface area contributed by atoms with Crippen LogP contribution in [-0.2, 0) is 17.6 Å². The van der Waals surface area contributed by atoms with Gasteiger partial charge in [-0.25, -0.2) is 0 Å². The van der Waals surface area contributed by atoms with Crippen molar-refractivity contribution in [1.82, 2.24) is 5.32 Å². The highest BCUT2D eigenvalue weighted by Gasteiger charge is 2.36. The number of fused-ring (bicyclic) bond motifs is 1. The highest BCUT2D eigenvalue weighted by atomic mass is 32.1. The van der Waals surface area contributed by atoms with Gasteiger partial charge in [0, 0.05) is 23.3 Å². The van der Waals surface area contributed by atoms with E-state index in [0.717, 1.165) is 30.6 Å². The molecule has 0 fully saturated rings. The molecular formula is C21H27NO3S. The average Bonchev–Trinajstić information content (AvgIpc) is 3.14. The zero-order chi connectivity index (χ0) is 18.9. The van der Waals surface area contributed by atoms with Crippen molar-refractivity contribution in [1.29, 1.82) is 0 Å². The lowest BCUT2D eigenvalue weighted by Gasteiger charge is -2.27. The fourth-order valence-corrected chi connectivity index (χ4v) is 4.61. The normalized spacial score (nSPS) is 17.0. The highest BCUT2D eigenvalue weighted by Crippen LogP contribution is 2.38. The number of aryl methyl sites for hydroxylation is 1. The maximum atomic E-state index is 12.7. The first-order valence-corrected chi connectivity index (χ1v) is 10.2. The molecule has 1 aliphatic rings. The molecule has 1 atom stereocenters. The minimum atomic E-state index is -0.0840. The molecule has 0 saturated heterocycles. The fourth-order valence-electron chi connectivity index (χ4n) is 3.79. The zero-order valence-electron chi connectivity index (χ0n) is 16.0. The van der Waals surface area contributed by atoms with Crippen LogP contribution in [0.1, 0.15) is 78.4 Å². The number of amides is 1. The van der Waals surface area contributed by atoms with E-state index in [0.29, 0.717) is 17.7 Å². The van der Waals surface area contributed by atoms with E-state index < -0.39 is 0 Å². The molecule has 0 unspecified atom stereocenters. The van der Waals surface area contributed by atoms with Crippen molar-refractivity contribution in [3.63, 3.8) is 0 Å². The van der Waals surface area contributed by atoms with Gasteiger partial charge in [0.15, 0.2) is 5.78 Å². The molecule has 0 aliphatic heterocycles. The molecule has 1 amide bonds. The highest BCUT2D eigenvalue weighted by molar-refractivity contribution is 7.10. The molecule has 2 aromatic rings. The van der Waals surface area contributed by atoms with E-state index in [9.17, 15) is 9.59 Å². The standard InChI is InChI=1S/C21H27NO3S/c1-5-7-15(18-8-6-9-26-18)22-19(24)10-14-13(2)25-17-12-21(3,4)11-16(23)20(14)17/h6,8-9,15H,5,7,10-12H2,1-4H3,(H,22,24)/t15-/m1/s1. The molecule has 0 spiro atoms. The number of furan rings is 1. The van der Waals surface area contributed by atoms with Gasteiger partial charge in [-0.15, -0.1) is 11.3 Å². The first-order valence-electron chi connectivity index (χ1n) is 9.28. The molecule has 0 aromatic carbocycles. The Hall–Kier alpha value is -1.88. The van der Waals surface area contributed by atoms with Gasteiger partial charge in [-0.1, -0.05) is 33.3 Å². The number of rotatable bonds is 6. The number of Topliss-reactive ketones (excluding diaryl/α,β-unsaturated/α-hetero) is 1. The number of hydrogen-bond acceptors (Lipinski definition) is 4. The summed E-state index contributed by atoms with van der Waals surface area (Å²) in [6, 6.07) is 4.10. The number of carbonyl (C=O) groups excluding carboxylic acids is 2. The van der Waals surface area contributed by atoms with Crippen LogP contribution in [0.5, 0.6) is 0 Å². The largest absolute Gasteiger partial charge is 0.465 e. The molecule has 26 heavy (non-hydrogen) atoms. The van der Waals surface area contributed by atoms with E-state index in [1.165, 1.54) is 4.88 Å². The second-order valence-electron chi connectivity index (χ2n) is 7.98. The minimum Gasteiger partial charge on any atom is -0.465 e. The molecule has 1 aliphatic carbocycles. The third-order valence-electron chi connectivity index (χ3n) is 4.98. The van der Waals surface area contributed by atoms with Crippen molar-refractivity contribution in [2.75, 3.05) is 0 Å². The van der Waals surface area contributed by atoms with Crippen LogP contribution in [0.2, 0.25) is 0 Å². The van der Waals surface area contributed by atoms with Gasteiger partial charge < -0.3 is 9.73 Å². The fraction of sp³-hybridized carbons (Fsp3) is 0.524. The van der Waals surface area contributed by atoms with Gasteiger partial charge in [-0.2, -0.15) is 0 Å². The summed E-state index contributed by atoms with van der Waals surface area (Å²) >= 11 is 1.66. The van der Waals surface area contributed by atoms with Crippen molar-refractivity contribution in [3.8, 4) is 0 Å². The third kappa shape index (κ3) is 3.93. The van der Waals surface area contributed by atoms with E-state index in [4.69, 9.17) is 4.42 Å². The predicted octanol–water partition coefficient (Wildman–Crippen LogP) is 5.00. The molecule has 2 heterocycles. The molecule has 0 saturated carbocycles. The Morgan fingerprint density at radius 2 is 2.15 bits per heavy atom. The van der Waals surface area contributed by atoms with Crippen molar-refractivity contribution in [2.45, 2.75) is 65.8 Å². The van der Waals surface area contributed by atoms with Gasteiger partial charge in [-0.3, -0.25) is 9.59 Å². The van der Waals surface area contributed by atoms with Crippen LogP contribution in [0.4, 0.5) is 0 Å². The van der Waals surface area contributed by atoms with Crippen molar-refractivity contribution < 1.29 is 14.0 Å². The molecule has 3 rings (SSSR count). The Labute approximate surface area is 159 Å². The van der Waals surface area contributed by atoms with Gasteiger partial charge in [0.1, 0.15) is 11.5 Å². The van der Waals surface area contributed by atoms with E-state index in [1.54, 1.807) is 11.3 Å². The summed E-state index contributed by atoms with van der Waals surface area (Å²) in [5, 5.41) is 5.17. The van der Waals surface area contributed by atoms with Crippen molar-refractivity contribution in [2.24, 2.45) is 5.41 Å². The lowest BCUT2D eigenvalue weighted by Crippen LogP contribution is -2.31. The van der Waals surface area contributed by atoms with Gasteiger partial charge in [0.25, 0.3) is 0 Å². The van der Waals surface area contributed by atoms with Gasteiger partial charge in [-0.05, 0) is 30.2 Å². The Kier molecular flexibility index (Phi) is 5.37. The summed E-state index contributed by atoms with van der Waals surface area (Å²) in [6.07, 6.45) is 3.34. The number of thiophene rings is 1. The van der Waals surface area contributed by atoms with Crippen LogP contribution in [0, 0.1) is 12.3 Å². The Morgan fingerprint density at radius 3 is 2.81 bits per heavy atom. The third-order valence-corrected chi connectivity index (χ3v) is 5.96. The Balaban J connectivity index is 1.78. The second kappa shape index (κ2) is 7.39. The smallest absolute Gasteiger partial charge is 0.225 e. The van der Waals surface area contributed by atoms with Crippen LogP contribution in [0.15, 0.2) is 21.9 Å². The summed E-state index contributed by atoms with van der Waals surface area (Å²) in [6.45, 7) is 8.12. The maximum Gasteiger partial charge on any atom is 0.225 e. The maximum absolute atomic E-state index is 12.7. The first kappa shape index (κ1) is 18.9. The summed E-state index contributed by atoms with van der Waals surface area (Å²) in [5.74, 6) is 1.48. The van der Waals surface area contributed by atoms with E-state index >= 15 is 0 Å². The van der Waals surface area contributed by atoms with Crippen molar-refractivity contribution in [3.05, 3.63) is 45.0 Å². The molecule has 0 bridgehead atoms. The molecule has 5 heteroatoms. The number of ketones is 1. The van der Waals surface area contributed by atoms with E-state index in [1.807, 2.05) is 18.4 Å². The number of carbonyl (C=O) groups is 2. The molecular weight excluding hydrogens is 346 g/mol. The molecule has 140 valence electrons. The summed E-state index contributed by atoms with van der Waals surface area (Å²) < 4.78 is 5.87. The van der Waals surface area contributed by atoms with Crippen LogP contribution >= 0.6 is 11.3 Å². The lowest BCUT2D eigenvalue weighted by atomic mass is 9.75. The van der Waals surface area contributed by atoms with Crippen LogP contribution in [0.25, 0.3) is 0 Å². The molecule has 0 radical (unpaired) electrons. The second-order valence-corrected chi connectivity index (χ2v) is 8.96. The van der Waals surface area contributed by atoms with Crippen LogP contribution in [0.3, 0.4) is 0 Å². The summed E-state index contributed by atoms with van der Waals surface area (Å²) in [4.78, 5) is 26.5. The predicted molar refractivity (Wildman–Crippen MR) is 104 cm³/mol. The molecule has 1 N–H and O–H groups in total. The Morgan fingerprint density at radius 1 is 1.38 bits per heavy atom. The van der Waals surface area contributed by atoms with Gasteiger partial charge in [0.05, 0.1) is 18.0 Å². The Bertz CT molecular complexity index is 802. The van der Waals surface area contributed by atoms with Crippen molar-refractivity contribution >= 4 is 23.0 Å². The lowest BCUT2D eigenvalue weighted by molar-refractivity contribution is -0.121. The minimum absolute atomic E-state index is 0.0326. The monoisotopic (exact) mass is 373 g/mol. The topological polar surface area (TPSA) is 59.3 Å². The zero-order valence-corrected chi connectivity index (χ0v) is 16.8. The van der Waals surface area contributed by atoms with E-state index in [-0.39, 0.29) is 29.6 Å². The van der Waals surface area contributed by atoms with Gasteiger partial charge >= 0.3 is 0 Å². The quantitative estimate of drug-likeness (QED) is 0.775. The van der Waals surface area contributed by atoms with Crippen LogP contribution in [-0.4, -0.2) is 11.7 Å². The molecule has 2 aromatic heterocycles.